The SMILES string of the molecule is c1ccc2cc(COc3nc4ccc5scnc5c4s3)ccc2c1. The molecule has 2 heterocycles. The minimum atomic E-state index is 0.519. The second-order valence-electron chi connectivity index (χ2n) is 5.56. The number of ether oxygens (including phenoxy) is 1. The predicted molar refractivity (Wildman–Crippen MR) is 101 cm³/mol. The van der Waals surface area contributed by atoms with E-state index in [0.717, 1.165) is 21.3 Å². The van der Waals surface area contributed by atoms with Gasteiger partial charge in [0, 0.05) is 0 Å². The Labute approximate surface area is 146 Å². The van der Waals surface area contributed by atoms with Gasteiger partial charge < -0.3 is 4.74 Å². The van der Waals surface area contributed by atoms with Gasteiger partial charge in [-0.3, -0.25) is 0 Å². The van der Waals surface area contributed by atoms with E-state index >= 15 is 0 Å². The van der Waals surface area contributed by atoms with Crippen molar-refractivity contribution in [3.05, 3.63) is 65.7 Å². The Morgan fingerprint density at radius 1 is 0.958 bits per heavy atom. The molecule has 0 N–H and O–H groups in total. The van der Waals surface area contributed by atoms with Gasteiger partial charge in [-0.05, 0) is 34.5 Å². The average Bonchev–Trinajstić information content (AvgIpc) is 3.25. The first-order valence-corrected chi connectivity index (χ1v) is 9.30. The molecule has 5 rings (SSSR count). The molecule has 0 fully saturated rings. The van der Waals surface area contributed by atoms with Crippen LogP contribution in [0.3, 0.4) is 0 Å². The van der Waals surface area contributed by atoms with E-state index in [2.05, 4.69) is 58.5 Å². The number of thiazole rings is 2. The molecule has 0 amide bonds. The molecule has 0 atom stereocenters. The molecule has 3 aromatic carbocycles. The summed E-state index contributed by atoms with van der Waals surface area (Å²) < 4.78 is 8.22. The second-order valence-corrected chi connectivity index (χ2v) is 7.41. The zero-order valence-corrected chi connectivity index (χ0v) is 14.2. The smallest absolute Gasteiger partial charge is 0.274 e. The van der Waals surface area contributed by atoms with Crippen LogP contribution in [0.1, 0.15) is 5.56 Å². The molecule has 0 aliphatic heterocycles. The summed E-state index contributed by atoms with van der Waals surface area (Å²) in [6.45, 7) is 0.519. The number of hydrogen-bond acceptors (Lipinski definition) is 5. The van der Waals surface area contributed by atoms with E-state index in [0.29, 0.717) is 11.8 Å². The maximum Gasteiger partial charge on any atom is 0.274 e. The van der Waals surface area contributed by atoms with Crippen LogP contribution in [0.2, 0.25) is 0 Å². The maximum absolute atomic E-state index is 5.93. The lowest BCUT2D eigenvalue weighted by atomic mass is 10.1. The van der Waals surface area contributed by atoms with E-state index in [9.17, 15) is 0 Å². The first-order chi connectivity index (χ1) is 11.9. The minimum absolute atomic E-state index is 0.519. The standard InChI is InChI=1S/C19H12N2OS2/c1-2-4-14-9-12(5-6-13(14)3-1)10-22-19-21-15-7-8-16-17(18(15)24-19)20-11-23-16/h1-9,11H,10H2. The van der Waals surface area contributed by atoms with Gasteiger partial charge in [0.15, 0.2) is 0 Å². The lowest BCUT2D eigenvalue weighted by molar-refractivity contribution is 0.305. The number of aromatic nitrogens is 2. The molecule has 0 saturated carbocycles. The highest BCUT2D eigenvalue weighted by Crippen LogP contribution is 2.34. The number of rotatable bonds is 3. The monoisotopic (exact) mass is 348 g/mol. The average molecular weight is 348 g/mol. The fraction of sp³-hybridized carbons (Fsp3) is 0.0526. The maximum atomic E-state index is 5.93. The lowest BCUT2D eigenvalue weighted by Gasteiger charge is -2.04. The van der Waals surface area contributed by atoms with E-state index in [1.165, 1.54) is 15.5 Å². The van der Waals surface area contributed by atoms with Crippen LogP contribution in [0.25, 0.3) is 31.2 Å². The molecular weight excluding hydrogens is 336 g/mol. The Hall–Kier alpha value is -2.50. The molecule has 2 aromatic heterocycles. The zero-order valence-electron chi connectivity index (χ0n) is 12.6. The van der Waals surface area contributed by atoms with Crippen molar-refractivity contribution in [1.29, 1.82) is 0 Å². The van der Waals surface area contributed by atoms with Crippen LogP contribution in [0.5, 0.6) is 5.19 Å². The first kappa shape index (κ1) is 13.9. The molecule has 5 aromatic rings. The lowest BCUT2D eigenvalue weighted by Crippen LogP contribution is -1.94. The van der Waals surface area contributed by atoms with Crippen LogP contribution in [0.15, 0.2) is 60.1 Å². The van der Waals surface area contributed by atoms with Crippen molar-refractivity contribution >= 4 is 53.9 Å². The van der Waals surface area contributed by atoms with Crippen LogP contribution in [0, 0.1) is 0 Å². The highest BCUT2D eigenvalue weighted by molar-refractivity contribution is 7.22. The third-order valence-corrected chi connectivity index (χ3v) is 5.80. The van der Waals surface area contributed by atoms with E-state index < -0.39 is 0 Å². The quantitative estimate of drug-likeness (QED) is 0.423. The number of fused-ring (bicyclic) bond motifs is 4. The van der Waals surface area contributed by atoms with Crippen LogP contribution >= 0.6 is 22.7 Å². The van der Waals surface area contributed by atoms with Gasteiger partial charge in [-0.2, -0.15) is 0 Å². The van der Waals surface area contributed by atoms with Crippen LogP contribution in [-0.4, -0.2) is 9.97 Å². The van der Waals surface area contributed by atoms with Gasteiger partial charge in [0.25, 0.3) is 5.19 Å². The highest BCUT2D eigenvalue weighted by atomic mass is 32.1. The number of nitrogens with zero attached hydrogens (tertiary/aromatic N) is 2. The van der Waals surface area contributed by atoms with Gasteiger partial charge in [-0.25, -0.2) is 9.97 Å². The molecule has 0 radical (unpaired) electrons. The molecule has 24 heavy (non-hydrogen) atoms. The second kappa shape index (κ2) is 5.54. The molecule has 3 nitrogen and oxygen atoms in total. The van der Waals surface area contributed by atoms with E-state index in [-0.39, 0.29) is 0 Å². The van der Waals surface area contributed by atoms with Crippen molar-refractivity contribution in [3.8, 4) is 5.19 Å². The van der Waals surface area contributed by atoms with Crippen molar-refractivity contribution in [2.45, 2.75) is 6.61 Å². The Balaban J connectivity index is 1.45. The van der Waals surface area contributed by atoms with Crippen LogP contribution < -0.4 is 4.74 Å². The normalized spacial score (nSPS) is 11.5. The molecule has 0 aliphatic carbocycles. The fourth-order valence-electron chi connectivity index (χ4n) is 2.83. The summed E-state index contributed by atoms with van der Waals surface area (Å²) in [6, 6.07) is 18.9. The van der Waals surface area contributed by atoms with Crippen molar-refractivity contribution < 1.29 is 4.74 Å². The largest absolute Gasteiger partial charge is 0.465 e. The van der Waals surface area contributed by atoms with E-state index in [4.69, 9.17) is 4.74 Å². The summed E-state index contributed by atoms with van der Waals surface area (Å²) in [4.78, 5) is 9.03. The molecular formula is C19H12N2OS2. The summed E-state index contributed by atoms with van der Waals surface area (Å²) in [6.07, 6.45) is 0. The van der Waals surface area contributed by atoms with Crippen molar-refractivity contribution in [2.75, 3.05) is 0 Å². The number of hydrogen-bond donors (Lipinski definition) is 0. The van der Waals surface area contributed by atoms with Crippen molar-refractivity contribution in [2.24, 2.45) is 0 Å². The fourth-order valence-corrected chi connectivity index (χ4v) is 4.49. The minimum Gasteiger partial charge on any atom is -0.465 e. The van der Waals surface area contributed by atoms with Gasteiger partial charge in [-0.1, -0.05) is 47.7 Å². The van der Waals surface area contributed by atoms with Crippen LogP contribution in [-0.2, 0) is 6.61 Å². The summed E-state index contributed by atoms with van der Waals surface area (Å²) in [5.41, 5.74) is 4.99. The molecule has 0 unspecified atom stereocenters. The molecule has 0 bridgehead atoms. The third kappa shape index (κ3) is 2.33. The Morgan fingerprint density at radius 2 is 1.88 bits per heavy atom. The van der Waals surface area contributed by atoms with Gasteiger partial charge in [0.05, 0.1) is 20.4 Å². The summed E-state index contributed by atoms with van der Waals surface area (Å²) >= 11 is 3.21. The number of benzene rings is 3. The van der Waals surface area contributed by atoms with E-state index in [1.54, 1.807) is 22.7 Å². The predicted octanol–water partition coefficient (Wildman–Crippen LogP) is 5.64. The van der Waals surface area contributed by atoms with Gasteiger partial charge in [-0.15, -0.1) is 11.3 Å². The van der Waals surface area contributed by atoms with Gasteiger partial charge in [0.1, 0.15) is 12.1 Å². The van der Waals surface area contributed by atoms with Crippen molar-refractivity contribution in [3.63, 3.8) is 0 Å². The topological polar surface area (TPSA) is 35.0 Å². The summed E-state index contributed by atoms with van der Waals surface area (Å²) in [5.74, 6) is 0. The Kier molecular flexibility index (Phi) is 3.21. The first-order valence-electron chi connectivity index (χ1n) is 7.60. The van der Waals surface area contributed by atoms with Crippen molar-refractivity contribution in [1.82, 2.24) is 9.97 Å². The van der Waals surface area contributed by atoms with E-state index in [1.807, 2.05) is 11.6 Å². The van der Waals surface area contributed by atoms with Crippen LogP contribution in [0.4, 0.5) is 0 Å². The molecule has 0 saturated heterocycles. The van der Waals surface area contributed by atoms with Gasteiger partial charge >= 0.3 is 0 Å². The zero-order chi connectivity index (χ0) is 15.9. The Morgan fingerprint density at radius 3 is 2.83 bits per heavy atom. The molecule has 0 aliphatic rings. The Bertz CT molecular complexity index is 1180. The third-order valence-electron chi connectivity index (χ3n) is 4.01. The molecule has 0 spiro atoms. The molecule has 5 heteroatoms. The molecule has 116 valence electrons. The van der Waals surface area contributed by atoms with Gasteiger partial charge in [0.2, 0.25) is 0 Å². The summed E-state index contributed by atoms with van der Waals surface area (Å²) in [5, 5.41) is 3.16. The highest BCUT2D eigenvalue weighted by Gasteiger charge is 2.10. The summed E-state index contributed by atoms with van der Waals surface area (Å²) in [7, 11) is 0.